The minimum absolute atomic E-state index is 0.0483. The van der Waals surface area contributed by atoms with Crippen molar-refractivity contribution in [1.29, 1.82) is 5.26 Å². The average molecular weight is 362 g/mol. The molecule has 27 heavy (non-hydrogen) atoms. The van der Waals surface area contributed by atoms with Gasteiger partial charge < -0.3 is 15.2 Å². The molecule has 0 aliphatic carbocycles. The number of nitriles is 1. The Labute approximate surface area is 158 Å². The minimum Gasteiger partial charge on any atom is -0.463 e. The van der Waals surface area contributed by atoms with Gasteiger partial charge in [-0.2, -0.15) is 5.26 Å². The van der Waals surface area contributed by atoms with Crippen LogP contribution in [-0.4, -0.2) is 12.6 Å². The van der Waals surface area contributed by atoms with E-state index in [-0.39, 0.29) is 18.1 Å². The van der Waals surface area contributed by atoms with Crippen LogP contribution in [0.25, 0.3) is 10.8 Å². The molecule has 2 aromatic rings. The van der Waals surface area contributed by atoms with E-state index in [1.165, 1.54) is 0 Å². The Hall–Kier alpha value is -3.26. The smallest absolute Gasteiger partial charge is 0.338 e. The van der Waals surface area contributed by atoms with Gasteiger partial charge in [-0.3, -0.25) is 0 Å². The molecule has 2 aromatic carbocycles. The van der Waals surface area contributed by atoms with Crippen LogP contribution in [-0.2, 0) is 14.3 Å². The second kappa shape index (κ2) is 7.96. The second-order valence-corrected chi connectivity index (χ2v) is 6.34. The van der Waals surface area contributed by atoms with Gasteiger partial charge in [-0.1, -0.05) is 49.4 Å². The van der Waals surface area contributed by atoms with E-state index in [9.17, 15) is 10.1 Å². The Morgan fingerprint density at radius 2 is 1.96 bits per heavy atom. The fourth-order valence-corrected chi connectivity index (χ4v) is 3.38. The summed E-state index contributed by atoms with van der Waals surface area (Å²) in [5.74, 6) is -0.550. The molecule has 1 atom stereocenters. The molecule has 0 bridgehead atoms. The van der Waals surface area contributed by atoms with Crippen molar-refractivity contribution in [3.63, 3.8) is 0 Å². The molecular formula is C22H22N2O3. The molecule has 0 fully saturated rings. The van der Waals surface area contributed by atoms with Crippen molar-refractivity contribution >= 4 is 16.7 Å². The number of hydrogen-bond acceptors (Lipinski definition) is 5. The van der Waals surface area contributed by atoms with Gasteiger partial charge in [0.1, 0.15) is 17.4 Å². The highest BCUT2D eigenvalue weighted by Gasteiger charge is 2.37. The summed E-state index contributed by atoms with van der Waals surface area (Å²) in [7, 11) is 0. The summed E-state index contributed by atoms with van der Waals surface area (Å²) in [6, 6.07) is 16.0. The number of ether oxygens (including phenoxy) is 2. The van der Waals surface area contributed by atoms with Crippen LogP contribution in [0.1, 0.15) is 38.2 Å². The summed E-state index contributed by atoms with van der Waals surface area (Å²) in [4.78, 5) is 12.8. The van der Waals surface area contributed by atoms with E-state index in [2.05, 4.69) is 6.07 Å². The Balaban J connectivity index is 2.21. The van der Waals surface area contributed by atoms with Gasteiger partial charge in [0, 0.05) is 6.42 Å². The molecular weight excluding hydrogens is 340 g/mol. The first-order valence-electron chi connectivity index (χ1n) is 9.07. The van der Waals surface area contributed by atoms with Gasteiger partial charge in [0.25, 0.3) is 0 Å². The van der Waals surface area contributed by atoms with E-state index < -0.39 is 11.9 Å². The third kappa shape index (κ3) is 3.52. The van der Waals surface area contributed by atoms with Crippen LogP contribution >= 0.6 is 0 Å². The lowest BCUT2D eigenvalue weighted by Gasteiger charge is -2.28. The highest BCUT2D eigenvalue weighted by atomic mass is 16.5. The zero-order valence-corrected chi connectivity index (χ0v) is 15.5. The van der Waals surface area contributed by atoms with Crippen molar-refractivity contribution in [2.45, 2.75) is 32.6 Å². The molecule has 0 unspecified atom stereocenters. The normalized spacial score (nSPS) is 16.9. The van der Waals surface area contributed by atoms with Crippen LogP contribution < -0.4 is 5.73 Å². The van der Waals surface area contributed by atoms with E-state index in [1.54, 1.807) is 6.92 Å². The van der Waals surface area contributed by atoms with E-state index in [4.69, 9.17) is 15.2 Å². The monoisotopic (exact) mass is 362 g/mol. The molecule has 2 N–H and O–H groups in total. The highest BCUT2D eigenvalue weighted by Crippen LogP contribution is 2.41. The van der Waals surface area contributed by atoms with Crippen molar-refractivity contribution in [1.82, 2.24) is 0 Å². The standard InChI is InChI=1S/C22H22N2O3/c1-3-7-18-20(22(25)26-4-2)19(17(13-23)21(24)27-18)16-11-10-14-8-5-6-9-15(14)12-16/h5-6,8-12,19H,3-4,7,24H2,1-2H3/t19-/m0/s1. The Bertz CT molecular complexity index is 982. The zero-order chi connectivity index (χ0) is 19.4. The number of hydrogen-bond donors (Lipinski definition) is 1. The molecule has 5 heteroatoms. The third-order valence-electron chi connectivity index (χ3n) is 4.58. The zero-order valence-electron chi connectivity index (χ0n) is 15.5. The molecule has 0 amide bonds. The lowest BCUT2D eigenvalue weighted by Crippen LogP contribution is -2.26. The molecule has 1 heterocycles. The fourth-order valence-electron chi connectivity index (χ4n) is 3.38. The molecule has 0 saturated carbocycles. The van der Waals surface area contributed by atoms with E-state index in [0.29, 0.717) is 17.8 Å². The maximum Gasteiger partial charge on any atom is 0.338 e. The number of nitrogens with two attached hydrogens (primary N) is 1. The van der Waals surface area contributed by atoms with Crippen LogP contribution in [0.5, 0.6) is 0 Å². The van der Waals surface area contributed by atoms with Gasteiger partial charge >= 0.3 is 5.97 Å². The van der Waals surface area contributed by atoms with Crippen LogP contribution in [0.4, 0.5) is 0 Å². The number of esters is 1. The summed E-state index contributed by atoms with van der Waals surface area (Å²) in [6.45, 7) is 3.99. The summed E-state index contributed by atoms with van der Waals surface area (Å²) in [5, 5.41) is 11.8. The first-order valence-corrected chi connectivity index (χ1v) is 9.07. The van der Waals surface area contributed by atoms with Crippen molar-refractivity contribution in [3.05, 3.63) is 70.8 Å². The molecule has 138 valence electrons. The topological polar surface area (TPSA) is 85.3 Å². The van der Waals surface area contributed by atoms with Gasteiger partial charge in [0.05, 0.1) is 18.1 Å². The van der Waals surface area contributed by atoms with Gasteiger partial charge in [-0.05, 0) is 29.7 Å². The number of allylic oxidation sites excluding steroid dienone is 2. The van der Waals surface area contributed by atoms with Gasteiger partial charge in [-0.15, -0.1) is 0 Å². The van der Waals surface area contributed by atoms with Crippen molar-refractivity contribution in [3.8, 4) is 6.07 Å². The number of rotatable bonds is 5. The molecule has 1 aliphatic rings. The Morgan fingerprint density at radius 1 is 1.22 bits per heavy atom. The predicted octanol–water partition coefficient (Wildman–Crippen LogP) is 4.26. The van der Waals surface area contributed by atoms with E-state index in [1.807, 2.05) is 49.4 Å². The molecule has 0 aromatic heterocycles. The number of carbonyl (C=O) groups is 1. The summed E-state index contributed by atoms with van der Waals surface area (Å²) in [5.41, 5.74) is 7.44. The largest absolute Gasteiger partial charge is 0.463 e. The van der Waals surface area contributed by atoms with Crippen molar-refractivity contribution in [2.24, 2.45) is 5.73 Å². The lowest BCUT2D eigenvalue weighted by molar-refractivity contribution is -0.139. The maximum absolute atomic E-state index is 12.8. The van der Waals surface area contributed by atoms with Gasteiger partial charge in [-0.25, -0.2) is 4.79 Å². The number of nitrogens with zero attached hydrogens (tertiary/aromatic N) is 1. The van der Waals surface area contributed by atoms with Crippen LogP contribution in [0.2, 0.25) is 0 Å². The van der Waals surface area contributed by atoms with Crippen molar-refractivity contribution < 1.29 is 14.3 Å². The summed E-state index contributed by atoms with van der Waals surface area (Å²) >= 11 is 0. The third-order valence-corrected chi connectivity index (χ3v) is 4.58. The molecule has 5 nitrogen and oxygen atoms in total. The number of benzene rings is 2. The van der Waals surface area contributed by atoms with Gasteiger partial charge in [0.2, 0.25) is 5.88 Å². The second-order valence-electron chi connectivity index (χ2n) is 6.34. The molecule has 3 rings (SSSR count). The van der Waals surface area contributed by atoms with Crippen LogP contribution in [0.15, 0.2) is 65.3 Å². The summed E-state index contributed by atoms with van der Waals surface area (Å²) < 4.78 is 10.9. The summed E-state index contributed by atoms with van der Waals surface area (Å²) in [6.07, 6.45) is 1.31. The van der Waals surface area contributed by atoms with Crippen LogP contribution in [0.3, 0.4) is 0 Å². The van der Waals surface area contributed by atoms with Crippen molar-refractivity contribution in [2.75, 3.05) is 6.61 Å². The number of fused-ring (bicyclic) bond motifs is 1. The average Bonchev–Trinajstić information content (AvgIpc) is 2.67. The molecule has 1 aliphatic heterocycles. The molecule has 0 saturated heterocycles. The lowest BCUT2D eigenvalue weighted by atomic mass is 9.81. The SMILES string of the molecule is CCCC1=C(C(=O)OCC)[C@@H](c2ccc3ccccc3c2)C(C#N)=C(N)O1. The van der Waals surface area contributed by atoms with E-state index >= 15 is 0 Å². The van der Waals surface area contributed by atoms with Gasteiger partial charge in [0.15, 0.2) is 0 Å². The first kappa shape index (κ1) is 18.5. The Morgan fingerprint density at radius 3 is 2.63 bits per heavy atom. The Kier molecular flexibility index (Phi) is 5.46. The fraction of sp³-hybridized carbons (Fsp3) is 0.273. The highest BCUT2D eigenvalue weighted by molar-refractivity contribution is 5.93. The number of carbonyl (C=O) groups excluding carboxylic acids is 1. The minimum atomic E-state index is -0.603. The predicted molar refractivity (Wildman–Crippen MR) is 103 cm³/mol. The quantitative estimate of drug-likeness (QED) is 0.803. The molecule has 0 spiro atoms. The van der Waals surface area contributed by atoms with Crippen LogP contribution in [0, 0.1) is 11.3 Å². The first-order chi connectivity index (χ1) is 13.1. The molecule has 0 radical (unpaired) electrons. The van der Waals surface area contributed by atoms with E-state index in [0.717, 1.165) is 22.8 Å². The maximum atomic E-state index is 12.8.